The van der Waals surface area contributed by atoms with Crippen molar-refractivity contribution in [3.8, 4) is 11.1 Å². The van der Waals surface area contributed by atoms with Gasteiger partial charge in [0.2, 0.25) is 0 Å². The Balaban J connectivity index is 2.42. The Kier molecular flexibility index (Phi) is 3.77. The van der Waals surface area contributed by atoms with Gasteiger partial charge >= 0.3 is 0 Å². The molecule has 0 unspecified atom stereocenters. The summed E-state index contributed by atoms with van der Waals surface area (Å²) in [4.78, 5) is 8.63. The van der Waals surface area contributed by atoms with E-state index in [4.69, 9.17) is 11.6 Å². The highest BCUT2D eigenvalue weighted by Gasteiger charge is 2.22. The van der Waals surface area contributed by atoms with Gasteiger partial charge in [-0.25, -0.2) is 9.97 Å². The highest BCUT2D eigenvalue weighted by atomic mass is 79.9. The Morgan fingerprint density at radius 1 is 1.14 bits per heavy atom. The van der Waals surface area contributed by atoms with Crippen molar-refractivity contribution in [2.75, 3.05) is 0 Å². The maximum absolute atomic E-state index is 6.39. The van der Waals surface area contributed by atoms with Crippen LogP contribution in [0.25, 0.3) is 22.2 Å². The van der Waals surface area contributed by atoms with E-state index in [-0.39, 0.29) is 5.54 Å². The number of hydrogen-bond acceptors (Lipinski definition) is 2. The Labute approximate surface area is 143 Å². The van der Waals surface area contributed by atoms with Crippen molar-refractivity contribution < 1.29 is 0 Å². The summed E-state index contributed by atoms with van der Waals surface area (Å²) < 4.78 is 3.19. The number of benzene rings is 1. The van der Waals surface area contributed by atoms with E-state index >= 15 is 0 Å². The molecule has 5 heteroatoms. The molecule has 0 saturated heterocycles. The lowest BCUT2D eigenvalue weighted by Gasteiger charge is -2.21. The number of nitrogens with zero attached hydrogens (tertiary/aromatic N) is 3. The van der Waals surface area contributed by atoms with Gasteiger partial charge in [-0.3, -0.25) is 0 Å². The monoisotopic (exact) mass is 377 g/mol. The minimum atomic E-state index is -0.0928. The average Bonchev–Trinajstić information content (AvgIpc) is 2.82. The van der Waals surface area contributed by atoms with Gasteiger partial charge in [0.05, 0.1) is 5.39 Å². The number of rotatable bonds is 1. The molecular weight excluding hydrogens is 362 g/mol. The van der Waals surface area contributed by atoms with Crippen LogP contribution in [0.4, 0.5) is 0 Å². The third kappa shape index (κ3) is 2.55. The molecular formula is C17H17BrClN3. The van der Waals surface area contributed by atoms with Crippen LogP contribution in [0, 0.1) is 6.92 Å². The van der Waals surface area contributed by atoms with E-state index in [0.717, 1.165) is 26.6 Å². The van der Waals surface area contributed by atoms with Crippen LogP contribution in [-0.4, -0.2) is 14.5 Å². The lowest BCUT2D eigenvalue weighted by Crippen LogP contribution is -2.20. The summed E-state index contributed by atoms with van der Waals surface area (Å²) in [6, 6.07) is 6.28. The second-order valence-electron chi connectivity index (χ2n) is 6.43. The first-order valence-corrected chi connectivity index (χ1v) is 8.24. The summed E-state index contributed by atoms with van der Waals surface area (Å²) >= 11 is 10.0. The SMILES string of the molecule is Cc1ccc(Br)c(-c2cn(C(C)(C)C)c3ncnc(Cl)c23)c1. The van der Waals surface area contributed by atoms with Gasteiger partial charge in [-0.1, -0.05) is 45.2 Å². The number of fused-ring (bicyclic) bond motifs is 1. The van der Waals surface area contributed by atoms with Crippen LogP contribution < -0.4 is 0 Å². The van der Waals surface area contributed by atoms with Gasteiger partial charge in [-0.05, 0) is 39.3 Å². The summed E-state index contributed by atoms with van der Waals surface area (Å²) in [6.07, 6.45) is 3.63. The van der Waals surface area contributed by atoms with Crippen LogP contribution in [0.2, 0.25) is 5.15 Å². The summed E-state index contributed by atoms with van der Waals surface area (Å²) in [6.45, 7) is 8.53. The predicted octanol–water partition coefficient (Wildman–Crippen LogP) is 5.58. The minimum absolute atomic E-state index is 0.0928. The highest BCUT2D eigenvalue weighted by molar-refractivity contribution is 9.10. The Morgan fingerprint density at radius 3 is 2.55 bits per heavy atom. The topological polar surface area (TPSA) is 30.7 Å². The van der Waals surface area contributed by atoms with Crippen molar-refractivity contribution in [3.63, 3.8) is 0 Å². The molecule has 0 bridgehead atoms. The zero-order chi connectivity index (χ0) is 16.1. The van der Waals surface area contributed by atoms with Crippen LogP contribution >= 0.6 is 27.5 Å². The quantitative estimate of drug-likeness (QED) is 0.518. The molecule has 3 aromatic rings. The summed E-state index contributed by atoms with van der Waals surface area (Å²) in [5.41, 5.74) is 4.11. The number of aromatic nitrogens is 3. The molecule has 0 aliphatic carbocycles. The van der Waals surface area contributed by atoms with Crippen molar-refractivity contribution in [3.05, 3.63) is 45.9 Å². The maximum atomic E-state index is 6.39. The molecule has 0 N–H and O–H groups in total. The Morgan fingerprint density at radius 2 is 1.86 bits per heavy atom. The molecule has 0 fully saturated rings. The van der Waals surface area contributed by atoms with Gasteiger partial charge < -0.3 is 4.57 Å². The Bertz CT molecular complexity index is 862. The van der Waals surface area contributed by atoms with E-state index in [1.54, 1.807) is 0 Å². The first kappa shape index (κ1) is 15.5. The molecule has 2 aromatic heterocycles. The molecule has 2 heterocycles. The number of aryl methyl sites for hydroxylation is 1. The Hall–Kier alpha value is -1.39. The van der Waals surface area contributed by atoms with Gasteiger partial charge in [-0.15, -0.1) is 0 Å². The molecule has 0 aliphatic rings. The fraction of sp³-hybridized carbons (Fsp3) is 0.294. The molecule has 3 nitrogen and oxygen atoms in total. The second-order valence-corrected chi connectivity index (χ2v) is 7.64. The molecule has 0 amide bonds. The standard InChI is InChI=1S/C17H17BrClN3/c1-10-5-6-13(18)11(7-10)12-8-22(17(2,3)4)16-14(12)15(19)20-9-21-16/h5-9H,1-4H3. The van der Waals surface area contributed by atoms with Crippen LogP contribution in [0.3, 0.4) is 0 Å². The zero-order valence-electron chi connectivity index (χ0n) is 13.0. The first-order valence-electron chi connectivity index (χ1n) is 7.07. The summed E-state index contributed by atoms with van der Waals surface area (Å²) in [5, 5.41) is 1.38. The summed E-state index contributed by atoms with van der Waals surface area (Å²) in [7, 11) is 0. The van der Waals surface area contributed by atoms with Crippen molar-refractivity contribution in [1.82, 2.24) is 14.5 Å². The number of hydrogen-bond donors (Lipinski definition) is 0. The molecule has 0 spiro atoms. The van der Waals surface area contributed by atoms with Crippen molar-refractivity contribution in [1.29, 1.82) is 0 Å². The van der Waals surface area contributed by atoms with Crippen molar-refractivity contribution in [2.45, 2.75) is 33.2 Å². The van der Waals surface area contributed by atoms with Crippen LogP contribution in [0.5, 0.6) is 0 Å². The third-order valence-electron chi connectivity index (χ3n) is 3.67. The van der Waals surface area contributed by atoms with E-state index in [2.05, 4.69) is 82.6 Å². The van der Waals surface area contributed by atoms with Gasteiger partial charge in [0, 0.05) is 21.8 Å². The average molecular weight is 379 g/mol. The molecule has 1 aromatic carbocycles. The van der Waals surface area contributed by atoms with E-state index in [1.807, 2.05) is 0 Å². The predicted molar refractivity (Wildman–Crippen MR) is 95.4 cm³/mol. The smallest absolute Gasteiger partial charge is 0.145 e. The van der Waals surface area contributed by atoms with Crippen LogP contribution in [-0.2, 0) is 5.54 Å². The highest BCUT2D eigenvalue weighted by Crippen LogP contribution is 2.39. The molecule has 22 heavy (non-hydrogen) atoms. The molecule has 0 saturated carbocycles. The van der Waals surface area contributed by atoms with E-state index in [0.29, 0.717) is 5.15 Å². The van der Waals surface area contributed by atoms with E-state index in [1.165, 1.54) is 11.9 Å². The van der Waals surface area contributed by atoms with Gasteiger partial charge in [0.25, 0.3) is 0 Å². The van der Waals surface area contributed by atoms with Crippen molar-refractivity contribution >= 4 is 38.6 Å². The van der Waals surface area contributed by atoms with Gasteiger partial charge in [0.1, 0.15) is 17.1 Å². The van der Waals surface area contributed by atoms with E-state index < -0.39 is 0 Å². The van der Waals surface area contributed by atoms with E-state index in [9.17, 15) is 0 Å². The fourth-order valence-electron chi connectivity index (χ4n) is 2.59. The van der Waals surface area contributed by atoms with Gasteiger partial charge in [-0.2, -0.15) is 0 Å². The van der Waals surface area contributed by atoms with Crippen molar-refractivity contribution in [2.24, 2.45) is 0 Å². The van der Waals surface area contributed by atoms with Crippen LogP contribution in [0.1, 0.15) is 26.3 Å². The molecule has 0 aliphatic heterocycles. The third-order valence-corrected chi connectivity index (χ3v) is 4.65. The normalized spacial score (nSPS) is 12.1. The molecule has 0 radical (unpaired) electrons. The van der Waals surface area contributed by atoms with Crippen LogP contribution in [0.15, 0.2) is 35.2 Å². The second kappa shape index (κ2) is 5.36. The minimum Gasteiger partial charge on any atom is -0.326 e. The molecule has 3 rings (SSSR count). The lowest BCUT2D eigenvalue weighted by atomic mass is 10.0. The zero-order valence-corrected chi connectivity index (χ0v) is 15.3. The summed E-state index contributed by atoms with van der Waals surface area (Å²) in [5.74, 6) is 0. The fourth-order valence-corrected chi connectivity index (χ4v) is 3.28. The lowest BCUT2D eigenvalue weighted by molar-refractivity contribution is 0.408. The molecule has 0 atom stereocenters. The molecule has 114 valence electrons. The maximum Gasteiger partial charge on any atom is 0.145 e. The van der Waals surface area contributed by atoms with Gasteiger partial charge in [0.15, 0.2) is 0 Å². The largest absolute Gasteiger partial charge is 0.326 e. The number of halogens is 2. The first-order chi connectivity index (χ1) is 10.3.